The van der Waals surface area contributed by atoms with Crippen molar-refractivity contribution in [1.82, 2.24) is 34.4 Å². The molecule has 3 amide bonds. The van der Waals surface area contributed by atoms with Crippen LogP contribution in [0.4, 0.5) is 18.9 Å². The van der Waals surface area contributed by atoms with Crippen LogP contribution in [0.1, 0.15) is 65.3 Å². The number of anilines is 1. The minimum atomic E-state index is -4.67. The van der Waals surface area contributed by atoms with Crippen molar-refractivity contribution in [2.24, 2.45) is 7.05 Å². The highest BCUT2D eigenvalue weighted by molar-refractivity contribution is 6.34. The van der Waals surface area contributed by atoms with Crippen LogP contribution in [0.3, 0.4) is 0 Å². The molecule has 2 aromatic heterocycles. The van der Waals surface area contributed by atoms with Crippen LogP contribution >= 0.6 is 24.0 Å². The summed E-state index contributed by atoms with van der Waals surface area (Å²) < 4.78 is 43.8. The zero-order valence-electron chi connectivity index (χ0n) is 24.7. The van der Waals surface area contributed by atoms with E-state index < -0.39 is 23.3 Å². The maximum atomic E-state index is 13.7. The number of alkyl halides is 3. The van der Waals surface area contributed by atoms with Crippen LogP contribution in [0.15, 0.2) is 30.6 Å². The van der Waals surface area contributed by atoms with Crippen LogP contribution in [-0.4, -0.2) is 85.1 Å². The molecule has 6 rings (SSSR count). The van der Waals surface area contributed by atoms with E-state index in [0.717, 1.165) is 32.2 Å². The van der Waals surface area contributed by atoms with E-state index >= 15 is 0 Å². The molecule has 0 spiro atoms. The first-order valence-corrected chi connectivity index (χ1v) is 14.9. The number of nitrogens with one attached hydrogen (secondary N) is 2. The van der Waals surface area contributed by atoms with Crippen molar-refractivity contribution in [3.63, 3.8) is 0 Å². The second-order valence-corrected chi connectivity index (χ2v) is 12.1. The highest BCUT2D eigenvalue weighted by atomic mass is 35.5. The molecule has 3 fully saturated rings. The second kappa shape index (κ2) is 12.3. The molecule has 3 aromatic rings. The molecule has 1 saturated carbocycles. The number of carbonyl (C=O) groups excluding carboxylic acids is 3. The number of aromatic nitrogens is 4. The van der Waals surface area contributed by atoms with Gasteiger partial charge >= 0.3 is 6.18 Å². The van der Waals surface area contributed by atoms with E-state index in [1.807, 2.05) is 6.92 Å². The van der Waals surface area contributed by atoms with E-state index in [1.165, 1.54) is 46.9 Å². The molecule has 2 aliphatic heterocycles. The van der Waals surface area contributed by atoms with Gasteiger partial charge in [-0.25, -0.2) is 4.98 Å². The number of carbonyl (C=O) groups is 3. The maximum Gasteiger partial charge on any atom is 0.435 e. The predicted octanol–water partition coefficient (Wildman–Crippen LogP) is 4.39. The topological polar surface area (TPSA) is 117 Å². The lowest BCUT2D eigenvalue weighted by Gasteiger charge is -2.38. The number of piperazine rings is 1. The van der Waals surface area contributed by atoms with Gasteiger partial charge in [-0.15, -0.1) is 12.4 Å². The summed E-state index contributed by atoms with van der Waals surface area (Å²) in [5.41, 5.74) is -1.11. The van der Waals surface area contributed by atoms with Gasteiger partial charge in [-0.05, 0) is 57.4 Å². The monoisotopic (exact) mass is 668 g/mol. The zero-order chi connectivity index (χ0) is 31.4. The predicted molar refractivity (Wildman–Crippen MR) is 162 cm³/mol. The van der Waals surface area contributed by atoms with E-state index in [9.17, 15) is 27.6 Å². The third-order valence-corrected chi connectivity index (χ3v) is 8.85. The first-order chi connectivity index (χ1) is 20.9. The summed E-state index contributed by atoms with van der Waals surface area (Å²) in [6, 6.07) is 4.41. The molecule has 242 valence electrons. The molecule has 1 aromatic carbocycles. The van der Waals surface area contributed by atoms with E-state index in [0.29, 0.717) is 26.2 Å². The smallest absolute Gasteiger partial charge is 0.338 e. The largest absolute Gasteiger partial charge is 0.435 e. The minimum absolute atomic E-state index is 0. The number of imidazole rings is 1. The van der Waals surface area contributed by atoms with Crippen molar-refractivity contribution in [3.8, 4) is 11.3 Å². The highest BCUT2D eigenvalue weighted by Gasteiger charge is 2.41. The van der Waals surface area contributed by atoms with Crippen molar-refractivity contribution >= 4 is 47.4 Å². The molecule has 11 nitrogen and oxygen atoms in total. The summed E-state index contributed by atoms with van der Waals surface area (Å²) in [5.74, 6) is -1.01. The summed E-state index contributed by atoms with van der Waals surface area (Å²) in [5, 5.41) is 9.82. The second-order valence-electron chi connectivity index (χ2n) is 11.7. The Balaban J connectivity index is 0.00000400. The van der Waals surface area contributed by atoms with Crippen LogP contribution in [0, 0.1) is 0 Å². The van der Waals surface area contributed by atoms with Gasteiger partial charge in [0, 0.05) is 45.1 Å². The quantitative estimate of drug-likeness (QED) is 0.403. The Kier molecular flexibility index (Phi) is 8.95. The number of hydrogen-bond donors (Lipinski definition) is 2. The van der Waals surface area contributed by atoms with Crippen LogP contribution in [0.2, 0.25) is 5.02 Å². The van der Waals surface area contributed by atoms with Gasteiger partial charge in [-0.2, -0.15) is 18.3 Å². The molecular weight excluding hydrogens is 636 g/mol. The number of halogens is 5. The summed E-state index contributed by atoms with van der Waals surface area (Å²) >= 11 is 6.46. The fourth-order valence-electron chi connectivity index (χ4n) is 5.85. The molecule has 0 bridgehead atoms. The molecule has 4 heterocycles. The van der Waals surface area contributed by atoms with Gasteiger partial charge in [-0.1, -0.05) is 11.6 Å². The van der Waals surface area contributed by atoms with E-state index in [-0.39, 0.29) is 63.6 Å². The lowest BCUT2D eigenvalue weighted by Crippen LogP contribution is -2.58. The van der Waals surface area contributed by atoms with Gasteiger partial charge in [0.1, 0.15) is 0 Å². The van der Waals surface area contributed by atoms with Gasteiger partial charge in [0.15, 0.2) is 11.5 Å². The van der Waals surface area contributed by atoms with Gasteiger partial charge in [0.2, 0.25) is 5.91 Å². The van der Waals surface area contributed by atoms with Crippen LogP contribution < -0.4 is 10.6 Å². The lowest BCUT2D eigenvalue weighted by atomic mass is 9.98. The summed E-state index contributed by atoms with van der Waals surface area (Å²) in [6.45, 7) is 4.31. The molecule has 16 heteroatoms. The average molecular weight is 670 g/mol. The molecule has 2 saturated heterocycles. The van der Waals surface area contributed by atoms with E-state index in [1.54, 1.807) is 9.80 Å². The fourth-order valence-corrected chi connectivity index (χ4v) is 6.11. The Hall–Kier alpha value is -3.62. The number of nitrogens with zero attached hydrogens (tertiary/aromatic N) is 6. The number of amides is 3. The molecule has 2 N–H and O–H groups in total. The summed E-state index contributed by atoms with van der Waals surface area (Å²) in [7, 11) is 1.46. The van der Waals surface area contributed by atoms with Crippen LogP contribution in [0.5, 0.6) is 0 Å². The first-order valence-electron chi connectivity index (χ1n) is 14.5. The maximum absolute atomic E-state index is 13.7. The number of rotatable bonds is 6. The lowest BCUT2D eigenvalue weighted by molar-refractivity contribution is -0.141. The SMILES string of the molecule is Cl.Cn1c(-c2cn(C3CC3)nc2C(F)(F)F)cnc1C(=O)Nc1ccc(C(=O)N2CCN(C(=O)C3(C)CCCN3)CC2)c(Cl)c1. The molecular formula is C29H33Cl2F3N8O3. The Morgan fingerprint density at radius 3 is 2.40 bits per heavy atom. The fraction of sp³-hybridized carbons (Fsp3) is 0.483. The highest BCUT2D eigenvalue weighted by Crippen LogP contribution is 2.41. The minimum Gasteiger partial charge on any atom is -0.338 e. The average Bonchev–Trinajstić information content (AvgIpc) is 3.37. The zero-order valence-corrected chi connectivity index (χ0v) is 26.2. The standard InChI is InChI=1S/C29H32ClF3N8O3.ClH/c1-28(8-3-9-35-28)27(44)40-12-10-39(11-13-40)26(43)19-7-4-17(14-21(19)30)36-25(42)24-34-15-22(38(24)2)20-16-41(18-5-6-18)37-23(20)29(31,32)33;/h4,7,14-16,18,35H,3,5-6,8-13H2,1-2H3,(H,36,42);1H. The van der Waals surface area contributed by atoms with Crippen molar-refractivity contribution in [2.45, 2.75) is 50.4 Å². The Morgan fingerprint density at radius 2 is 1.80 bits per heavy atom. The molecule has 0 radical (unpaired) electrons. The summed E-state index contributed by atoms with van der Waals surface area (Å²) in [4.78, 5) is 46.8. The molecule has 1 aliphatic carbocycles. The molecule has 1 unspecified atom stereocenters. The molecule has 45 heavy (non-hydrogen) atoms. The van der Waals surface area contributed by atoms with Crippen LogP contribution in [-0.2, 0) is 18.0 Å². The Labute approximate surface area is 268 Å². The number of benzene rings is 1. The van der Waals surface area contributed by atoms with Gasteiger partial charge in [-0.3, -0.25) is 19.1 Å². The van der Waals surface area contributed by atoms with Crippen molar-refractivity contribution < 1.29 is 27.6 Å². The van der Waals surface area contributed by atoms with Gasteiger partial charge in [0.25, 0.3) is 11.8 Å². The molecule has 1 atom stereocenters. The summed E-state index contributed by atoms with van der Waals surface area (Å²) in [6.07, 6.45) is 1.15. The van der Waals surface area contributed by atoms with Crippen LogP contribution in [0.25, 0.3) is 11.3 Å². The normalized spacial score (nSPS) is 20.2. The Bertz CT molecular complexity index is 1620. The number of hydrogen-bond acceptors (Lipinski definition) is 6. The van der Waals surface area contributed by atoms with Gasteiger partial charge in [0.05, 0.1) is 39.6 Å². The first kappa shape index (κ1) is 32.8. The molecule has 3 aliphatic rings. The van der Waals surface area contributed by atoms with Gasteiger partial charge < -0.3 is 25.0 Å². The van der Waals surface area contributed by atoms with E-state index in [2.05, 4.69) is 20.7 Å². The van der Waals surface area contributed by atoms with E-state index in [4.69, 9.17) is 11.6 Å². The Morgan fingerprint density at radius 1 is 1.11 bits per heavy atom. The third-order valence-electron chi connectivity index (χ3n) is 8.54. The van der Waals surface area contributed by atoms with Crippen molar-refractivity contribution in [1.29, 1.82) is 0 Å². The van der Waals surface area contributed by atoms with Crippen molar-refractivity contribution in [3.05, 3.63) is 52.7 Å². The third kappa shape index (κ3) is 6.40. The van der Waals surface area contributed by atoms with Crippen molar-refractivity contribution in [2.75, 3.05) is 38.0 Å².